The highest BCUT2D eigenvalue weighted by Gasteiger charge is 2.45. The molecule has 0 radical (unpaired) electrons. The fourth-order valence-corrected chi connectivity index (χ4v) is 3.62. The summed E-state index contributed by atoms with van der Waals surface area (Å²) in [6, 6.07) is 5.96. The van der Waals surface area contributed by atoms with Crippen molar-refractivity contribution in [2.24, 2.45) is 5.92 Å². The Labute approximate surface area is 151 Å². The number of benzene rings is 1. The quantitative estimate of drug-likeness (QED) is 0.803. The van der Waals surface area contributed by atoms with Crippen LogP contribution in [0.2, 0.25) is 0 Å². The lowest BCUT2D eigenvalue weighted by Crippen LogP contribution is -2.59. The first-order valence-corrected chi connectivity index (χ1v) is 9.18. The fraction of sp³-hybridized carbons (Fsp3) is 0.579. The van der Waals surface area contributed by atoms with Crippen LogP contribution in [0, 0.1) is 11.7 Å². The Hall–Kier alpha value is -1.99. The Morgan fingerprint density at radius 2 is 1.77 bits per heavy atom. The van der Waals surface area contributed by atoms with Crippen LogP contribution in [0.1, 0.15) is 29.6 Å². The predicted octanol–water partition coefficient (Wildman–Crippen LogP) is 1.65. The number of morpholine rings is 1. The number of carbonyl (C=O) groups excluding carboxylic acids is 2. The van der Waals surface area contributed by atoms with E-state index in [2.05, 4.69) is 0 Å². The SMILES string of the molecule is O=C(c1ccccc1F)N1CCOC2(C1)CN(C(=O)C1CC1)CCCO2. The summed E-state index contributed by atoms with van der Waals surface area (Å²) in [7, 11) is 0. The van der Waals surface area contributed by atoms with E-state index in [9.17, 15) is 14.0 Å². The van der Waals surface area contributed by atoms with Gasteiger partial charge in [-0.2, -0.15) is 0 Å². The minimum absolute atomic E-state index is 0.0454. The summed E-state index contributed by atoms with van der Waals surface area (Å²) in [4.78, 5) is 28.6. The minimum atomic E-state index is -1.03. The molecule has 140 valence electrons. The monoisotopic (exact) mass is 362 g/mol. The molecule has 0 N–H and O–H groups in total. The van der Waals surface area contributed by atoms with Gasteiger partial charge in [0.2, 0.25) is 11.7 Å². The van der Waals surface area contributed by atoms with Gasteiger partial charge >= 0.3 is 0 Å². The zero-order valence-corrected chi connectivity index (χ0v) is 14.7. The van der Waals surface area contributed by atoms with E-state index in [1.807, 2.05) is 4.90 Å². The highest BCUT2D eigenvalue weighted by molar-refractivity contribution is 5.94. The van der Waals surface area contributed by atoms with E-state index >= 15 is 0 Å². The molecular weight excluding hydrogens is 339 g/mol. The van der Waals surface area contributed by atoms with Crippen LogP contribution in [0.3, 0.4) is 0 Å². The molecule has 2 heterocycles. The van der Waals surface area contributed by atoms with E-state index in [1.165, 1.54) is 12.1 Å². The molecule has 1 saturated carbocycles. The normalized spacial score (nSPS) is 26.7. The summed E-state index contributed by atoms with van der Waals surface area (Å²) in [5.41, 5.74) is 0.0454. The van der Waals surface area contributed by atoms with Gasteiger partial charge in [0.1, 0.15) is 5.82 Å². The summed E-state index contributed by atoms with van der Waals surface area (Å²) in [5, 5.41) is 0. The molecule has 3 fully saturated rings. The molecule has 1 atom stereocenters. The van der Waals surface area contributed by atoms with Crippen molar-refractivity contribution in [1.29, 1.82) is 0 Å². The third-order valence-electron chi connectivity index (χ3n) is 5.16. The maximum atomic E-state index is 14.0. The highest BCUT2D eigenvalue weighted by atomic mass is 19.1. The number of hydrogen-bond donors (Lipinski definition) is 0. The van der Waals surface area contributed by atoms with Crippen molar-refractivity contribution in [3.63, 3.8) is 0 Å². The highest BCUT2D eigenvalue weighted by Crippen LogP contribution is 2.33. The van der Waals surface area contributed by atoms with E-state index in [-0.39, 0.29) is 29.8 Å². The number of rotatable bonds is 2. The van der Waals surface area contributed by atoms with Gasteiger partial charge in [-0.15, -0.1) is 0 Å². The maximum Gasteiger partial charge on any atom is 0.257 e. The average Bonchev–Trinajstić information content (AvgIpc) is 3.49. The summed E-state index contributed by atoms with van der Waals surface area (Å²) >= 11 is 0. The van der Waals surface area contributed by atoms with Crippen LogP contribution in [0.15, 0.2) is 24.3 Å². The first-order valence-electron chi connectivity index (χ1n) is 9.18. The number of ether oxygens (including phenoxy) is 2. The van der Waals surface area contributed by atoms with Crippen LogP contribution in [0.4, 0.5) is 4.39 Å². The van der Waals surface area contributed by atoms with Crippen molar-refractivity contribution in [2.45, 2.75) is 25.0 Å². The molecule has 6 nitrogen and oxygen atoms in total. The first kappa shape index (κ1) is 17.4. The Balaban J connectivity index is 1.51. The Morgan fingerprint density at radius 1 is 1.04 bits per heavy atom. The summed E-state index contributed by atoms with van der Waals surface area (Å²) < 4.78 is 25.9. The lowest BCUT2D eigenvalue weighted by molar-refractivity contribution is -0.260. The number of carbonyl (C=O) groups is 2. The van der Waals surface area contributed by atoms with E-state index in [0.29, 0.717) is 32.8 Å². The molecule has 2 saturated heterocycles. The van der Waals surface area contributed by atoms with Crippen molar-refractivity contribution in [2.75, 3.05) is 39.4 Å². The van der Waals surface area contributed by atoms with Gasteiger partial charge in [0.05, 0.1) is 31.9 Å². The van der Waals surface area contributed by atoms with Crippen LogP contribution in [0.5, 0.6) is 0 Å². The second kappa shape index (κ2) is 6.96. The zero-order valence-electron chi connectivity index (χ0n) is 14.7. The number of amides is 2. The van der Waals surface area contributed by atoms with Gasteiger partial charge in [-0.1, -0.05) is 12.1 Å². The van der Waals surface area contributed by atoms with Gasteiger partial charge in [-0.25, -0.2) is 4.39 Å². The van der Waals surface area contributed by atoms with E-state index in [4.69, 9.17) is 9.47 Å². The number of nitrogens with zero attached hydrogens (tertiary/aromatic N) is 2. The lowest BCUT2D eigenvalue weighted by atomic mass is 10.1. The molecule has 4 rings (SSSR count). The van der Waals surface area contributed by atoms with Gasteiger partial charge in [0, 0.05) is 19.0 Å². The minimum Gasteiger partial charge on any atom is -0.347 e. The van der Waals surface area contributed by atoms with Gasteiger partial charge in [0.25, 0.3) is 5.91 Å². The van der Waals surface area contributed by atoms with Gasteiger partial charge in [-0.05, 0) is 31.4 Å². The Bertz CT molecular complexity index is 709. The van der Waals surface area contributed by atoms with Crippen LogP contribution in [-0.4, -0.2) is 66.8 Å². The second-order valence-corrected chi connectivity index (χ2v) is 7.20. The van der Waals surface area contributed by atoms with Crippen LogP contribution in [-0.2, 0) is 14.3 Å². The number of halogens is 1. The molecule has 1 aromatic rings. The molecule has 7 heteroatoms. The van der Waals surface area contributed by atoms with Crippen molar-refractivity contribution in [3.8, 4) is 0 Å². The smallest absolute Gasteiger partial charge is 0.257 e. The standard InChI is InChI=1S/C19H23FN2O4/c20-16-5-2-1-4-15(16)18(24)22-9-11-26-19(13-22)12-21(8-3-10-25-19)17(23)14-6-7-14/h1-2,4-5,14H,3,6-13H2. The van der Waals surface area contributed by atoms with Crippen molar-refractivity contribution in [1.82, 2.24) is 9.80 Å². The molecule has 3 aliphatic rings. The molecule has 0 aromatic heterocycles. The van der Waals surface area contributed by atoms with E-state index in [1.54, 1.807) is 17.0 Å². The van der Waals surface area contributed by atoms with E-state index < -0.39 is 11.6 Å². The van der Waals surface area contributed by atoms with Crippen LogP contribution >= 0.6 is 0 Å². The maximum absolute atomic E-state index is 14.0. The molecule has 1 aliphatic carbocycles. The molecular formula is C19H23FN2O4. The summed E-state index contributed by atoms with van der Waals surface area (Å²) in [6.07, 6.45) is 2.63. The van der Waals surface area contributed by atoms with Crippen molar-refractivity contribution < 1.29 is 23.5 Å². The third-order valence-corrected chi connectivity index (χ3v) is 5.16. The van der Waals surface area contributed by atoms with Gasteiger partial charge in [-0.3, -0.25) is 9.59 Å². The van der Waals surface area contributed by atoms with Crippen LogP contribution in [0.25, 0.3) is 0 Å². The zero-order chi connectivity index (χ0) is 18.1. The molecule has 0 bridgehead atoms. The Kier molecular flexibility index (Phi) is 4.67. The summed E-state index contributed by atoms with van der Waals surface area (Å²) in [5.74, 6) is -1.66. The van der Waals surface area contributed by atoms with E-state index in [0.717, 1.165) is 19.3 Å². The predicted molar refractivity (Wildman–Crippen MR) is 90.9 cm³/mol. The molecule has 1 unspecified atom stereocenters. The lowest BCUT2D eigenvalue weighted by Gasteiger charge is -2.43. The largest absolute Gasteiger partial charge is 0.347 e. The molecule has 1 spiro atoms. The molecule has 26 heavy (non-hydrogen) atoms. The topological polar surface area (TPSA) is 59.1 Å². The number of hydrogen-bond acceptors (Lipinski definition) is 4. The molecule has 2 amide bonds. The van der Waals surface area contributed by atoms with Gasteiger partial charge < -0.3 is 19.3 Å². The fourth-order valence-electron chi connectivity index (χ4n) is 3.62. The van der Waals surface area contributed by atoms with Crippen LogP contribution < -0.4 is 0 Å². The summed E-state index contributed by atoms with van der Waals surface area (Å²) in [6.45, 7) is 2.27. The second-order valence-electron chi connectivity index (χ2n) is 7.20. The third kappa shape index (κ3) is 3.46. The average molecular weight is 362 g/mol. The van der Waals surface area contributed by atoms with Gasteiger partial charge in [0.15, 0.2) is 0 Å². The van der Waals surface area contributed by atoms with Crippen molar-refractivity contribution in [3.05, 3.63) is 35.6 Å². The molecule has 2 aliphatic heterocycles. The first-order chi connectivity index (χ1) is 12.6. The Morgan fingerprint density at radius 3 is 2.54 bits per heavy atom. The van der Waals surface area contributed by atoms with Crippen molar-refractivity contribution >= 4 is 11.8 Å². The molecule has 1 aromatic carbocycles.